The van der Waals surface area contributed by atoms with Crippen LogP contribution in [0.4, 0.5) is 0 Å². The maximum absolute atomic E-state index is 5.82. The molecule has 3 heteroatoms. The van der Waals surface area contributed by atoms with Crippen molar-refractivity contribution < 1.29 is 4.74 Å². The quantitative estimate of drug-likeness (QED) is 0.608. The Kier molecular flexibility index (Phi) is 8.34. The summed E-state index contributed by atoms with van der Waals surface area (Å²) in [5, 5.41) is 0. The average molecular weight is 390 g/mol. The van der Waals surface area contributed by atoms with E-state index in [0.29, 0.717) is 6.04 Å². The highest BCUT2D eigenvalue weighted by atomic mass is 79.9. The van der Waals surface area contributed by atoms with Crippen molar-refractivity contribution in [2.45, 2.75) is 38.1 Å². The number of ether oxygens (including phenoxy) is 1. The zero-order chi connectivity index (χ0) is 15.7. The van der Waals surface area contributed by atoms with Crippen LogP contribution in [0, 0.1) is 0 Å². The molecule has 2 aromatic carbocycles. The molecule has 2 nitrogen and oxygen atoms in total. The zero-order valence-electron chi connectivity index (χ0n) is 14.3. The molecular formula is C21H28BrNO. The monoisotopic (exact) mass is 389 g/mol. The van der Waals surface area contributed by atoms with Crippen LogP contribution in [0.5, 0.6) is 5.75 Å². The number of rotatable bonds is 7. The molecule has 0 spiro atoms. The van der Waals surface area contributed by atoms with Gasteiger partial charge in [0.05, 0.1) is 6.61 Å². The lowest BCUT2D eigenvalue weighted by Crippen LogP contribution is -2.41. The van der Waals surface area contributed by atoms with E-state index in [1.807, 2.05) is 30.3 Å². The number of nitrogens with zero attached hydrogens (tertiary/aromatic N) is 1. The minimum absolute atomic E-state index is 0. The maximum Gasteiger partial charge on any atom is 0.119 e. The van der Waals surface area contributed by atoms with Crippen molar-refractivity contribution in [1.82, 2.24) is 4.90 Å². The van der Waals surface area contributed by atoms with Crippen molar-refractivity contribution in [2.75, 3.05) is 19.7 Å². The van der Waals surface area contributed by atoms with Crippen molar-refractivity contribution in [3.63, 3.8) is 0 Å². The summed E-state index contributed by atoms with van der Waals surface area (Å²) < 4.78 is 5.82. The fourth-order valence-electron chi connectivity index (χ4n) is 3.45. The Balaban J connectivity index is 0.00000208. The number of benzene rings is 2. The highest BCUT2D eigenvalue weighted by Crippen LogP contribution is 2.21. The fourth-order valence-corrected chi connectivity index (χ4v) is 3.45. The van der Waals surface area contributed by atoms with Gasteiger partial charge >= 0.3 is 0 Å². The lowest BCUT2D eigenvalue weighted by Gasteiger charge is -2.36. The smallest absolute Gasteiger partial charge is 0.119 e. The van der Waals surface area contributed by atoms with Gasteiger partial charge in [-0.2, -0.15) is 0 Å². The minimum Gasteiger partial charge on any atom is -0.494 e. The summed E-state index contributed by atoms with van der Waals surface area (Å²) in [5.41, 5.74) is 1.46. The third kappa shape index (κ3) is 5.95. The highest BCUT2D eigenvalue weighted by molar-refractivity contribution is 8.93. The predicted octanol–water partition coefficient (Wildman–Crippen LogP) is 5.13. The Morgan fingerprint density at radius 3 is 2.38 bits per heavy atom. The van der Waals surface area contributed by atoms with E-state index in [1.54, 1.807) is 0 Å². The van der Waals surface area contributed by atoms with Crippen LogP contribution in [0.2, 0.25) is 0 Å². The summed E-state index contributed by atoms with van der Waals surface area (Å²) in [6.45, 7) is 3.19. The summed E-state index contributed by atoms with van der Waals surface area (Å²) in [5.74, 6) is 0.979. The van der Waals surface area contributed by atoms with E-state index in [2.05, 4.69) is 35.2 Å². The first-order valence-electron chi connectivity index (χ1n) is 8.87. The molecule has 1 unspecified atom stereocenters. The van der Waals surface area contributed by atoms with Crippen molar-refractivity contribution in [3.8, 4) is 5.75 Å². The molecule has 0 bridgehead atoms. The Labute approximate surface area is 156 Å². The van der Waals surface area contributed by atoms with Crippen molar-refractivity contribution in [1.29, 1.82) is 0 Å². The second-order valence-electron chi connectivity index (χ2n) is 6.39. The van der Waals surface area contributed by atoms with Gasteiger partial charge in [0, 0.05) is 12.6 Å². The van der Waals surface area contributed by atoms with Crippen LogP contribution in [0.1, 0.15) is 31.2 Å². The average Bonchev–Trinajstić information content (AvgIpc) is 2.62. The second kappa shape index (κ2) is 10.5. The number of hydrogen-bond acceptors (Lipinski definition) is 2. The molecule has 3 rings (SSSR count). The van der Waals surface area contributed by atoms with Crippen molar-refractivity contribution >= 4 is 17.0 Å². The first-order chi connectivity index (χ1) is 11.4. The Hall–Kier alpha value is -1.32. The summed E-state index contributed by atoms with van der Waals surface area (Å²) in [6.07, 6.45) is 6.31. The summed E-state index contributed by atoms with van der Waals surface area (Å²) >= 11 is 0. The molecule has 0 amide bonds. The van der Waals surface area contributed by atoms with Gasteiger partial charge in [0.25, 0.3) is 0 Å². The standard InChI is InChI=1S/C21H27NO.BrH/c1-3-10-19(11-4-1)18-20-12-7-8-15-22(20)16-9-17-23-21-13-5-2-6-14-21;/h1-6,10-11,13-14,20H,7-9,12,15-18H2;1H. The van der Waals surface area contributed by atoms with Gasteiger partial charge < -0.3 is 4.74 Å². The lowest BCUT2D eigenvalue weighted by atomic mass is 9.95. The Morgan fingerprint density at radius 2 is 1.62 bits per heavy atom. The third-order valence-electron chi connectivity index (χ3n) is 4.66. The fraction of sp³-hybridized carbons (Fsp3) is 0.429. The molecule has 1 heterocycles. The largest absolute Gasteiger partial charge is 0.494 e. The molecule has 1 fully saturated rings. The first kappa shape index (κ1) is 19.0. The number of hydrogen-bond donors (Lipinski definition) is 0. The number of likely N-dealkylation sites (tertiary alicyclic amines) is 1. The van der Waals surface area contributed by atoms with E-state index < -0.39 is 0 Å². The van der Waals surface area contributed by atoms with Gasteiger partial charge in [-0.15, -0.1) is 17.0 Å². The van der Waals surface area contributed by atoms with Gasteiger partial charge in [-0.25, -0.2) is 0 Å². The molecule has 1 atom stereocenters. The molecule has 0 radical (unpaired) electrons. The van der Waals surface area contributed by atoms with E-state index in [1.165, 1.54) is 37.8 Å². The van der Waals surface area contributed by atoms with Crippen LogP contribution in [0.25, 0.3) is 0 Å². The van der Waals surface area contributed by atoms with Crippen LogP contribution in [0.3, 0.4) is 0 Å². The SMILES string of the molecule is Br.c1ccc(CC2CCCCN2CCCOc2ccccc2)cc1. The molecule has 1 aliphatic heterocycles. The van der Waals surface area contributed by atoms with Crippen molar-refractivity contribution in [3.05, 3.63) is 66.2 Å². The van der Waals surface area contributed by atoms with E-state index in [0.717, 1.165) is 25.3 Å². The van der Waals surface area contributed by atoms with E-state index >= 15 is 0 Å². The molecule has 0 N–H and O–H groups in total. The molecule has 24 heavy (non-hydrogen) atoms. The number of para-hydroxylation sites is 1. The topological polar surface area (TPSA) is 12.5 Å². The van der Waals surface area contributed by atoms with Gasteiger partial charge in [-0.3, -0.25) is 4.90 Å². The summed E-state index contributed by atoms with van der Waals surface area (Å²) in [6, 6.07) is 21.7. The van der Waals surface area contributed by atoms with Crippen LogP contribution in [-0.2, 0) is 6.42 Å². The zero-order valence-corrected chi connectivity index (χ0v) is 16.0. The predicted molar refractivity (Wildman–Crippen MR) is 106 cm³/mol. The molecule has 0 aromatic heterocycles. The normalized spacial score (nSPS) is 17.9. The van der Waals surface area contributed by atoms with Gasteiger partial charge in [-0.05, 0) is 49.9 Å². The van der Waals surface area contributed by atoms with Gasteiger partial charge in [-0.1, -0.05) is 55.0 Å². The molecular weight excluding hydrogens is 362 g/mol. The molecule has 1 aliphatic rings. The lowest BCUT2D eigenvalue weighted by molar-refractivity contribution is 0.136. The maximum atomic E-state index is 5.82. The molecule has 130 valence electrons. The second-order valence-corrected chi connectivity index (χ2v) is 6.39. The van der Waals surface area contributed by atoms with E-state index in [9.17, 15) is 0 Å². The van der Waals surface area contributed by atoms with E-state index in [-0.39, 0.29) is 17.0 Å². The first-order valence-corrected chi connectivity index (χ1v) is 8.87. The highest BCUT2D eigenvalue weighted by Gasteiger charge is 2.21. The van der Waals surface area contributed by atoms with E-state index in [4.69, 9.17) is 4.74 Å². The van der Waals surface area contributed by atoms with Crippen LogP contribution in [0.15, 0.2) is 60.7 Å². The van der Waals surface area contributed by atoms with Crippen LogP contribution >= 0.6 is 17.0 Å². The van der Waals surface area contributed by atoms with Gasteiger partial charge in [0.2, 0.25) is 0 Å². The van der Waals surface area contributed by atoms with Crippen LogP contribution in [-0.4, -0.2) is 30.6 Å². The van der Waals surface area contributed by atoms with Crippen LogP contribution < -0.4 is 4.74 Å². The number of piperidine rings is 1. The molecule has 2 aromatic rings. The van der Waals surface area contributed by atoms with Crippen molar-refractivity contribution in [2.24, 2.45) is 0 Å². The number of halogens is 1. The molecule has 1 saturated heterocycles. The Bertz CT molecular complexity index is 561. The third-order valence-corrected chi connectivity index (χ3v) is 4.66. The summed E-state index contributed by atoms with van der Waals surface area (Å²) in [4.78, 5) is 2.67. The summed E-state index contributed by atoms with van der Waals surface area (Å²) in [7, 11) is 0. The van der Waals surface area contributed by atoms with Gasteiger partial charge in [0.15, 0.2) is 0 Å². The Morgan fingerprint density at radius 1 is 0.917 bits per heavy atom. The molecule has 0 saturated carbocycles. The van der Waals surface area contributed by atoms with Gasteiger partial charge in [0.1, 0.15) is 5.75 Å². The minimum atomic E-state index is 0. The molecule has 0 aliphatic carbocycles.